The van der Waals surface area contributed by atoms with Crippen molar-refractivity contribution in [3.05, 3.63) is 66.2 Å². The summed E-state index contributed by atoms with van der Waals surface area (Å²) < 4.78 is 13.0. The molecule has 0 atom stereocenters. The van der Waals surface area contributed by atoms with Crippen LogP contribution in [0.4, 0.5) is 33.1 Å². The monoisotopic (exact) mass is 351 g/mol. The van der Waals surface area contributed by atoms with E-state index in [0.717, 1.165) is 12.1 Å². The van der Waals surface area contributed by atoms with Crippen LogP contribution in [0.1, 0.15) is 25.3 Å². The zero-order valence-electron chi connectivity index (χ0n) is 14.7. The maximum absolute atomic E-state index is 13.0. The van der Waals surface area contributed by atoms with Gasteiger partial charge in [0.05, 0.1) is 0 Å². The molecule has 4 N–H and O–H groups in total. The van der Waals surface area contributed by atoms with Crippen LogP contribution in [0.5, 0.6) is 0 Å². The van der Waals surface area contributed by atoms with Crippen molar-refractivity contribution in [2.24, 2.45) is 0 Å². The quantitative estimate of drug-likeness (QED) is 0.557. The highest BCUT2D eigenvalue weighted by Crippen LogP contribution is 2.28. The van der Waals surface area contributed by atoms with E-state index in [1.54, 1.807) is 12.1 Å². The van der Waals surface area contributed by atoms with E-state index in [9.17, 15) is 4.39 Å². The first-order valence-corrected chi connectivity index (χ1v) is 8.64. The molecule has 0 saturated heterocycles. The van der Waals surface area contributed by atoms with Crippen molar-refractivity contribution in [1.29, 1.82) is 0 Å². The lowest BCUT2D eigenvalue weighted by molar-refractivity contribution is 0.628. The molecule has 0 unspecified atom stereocenters. The number of benzene rings is 2. The molecule has 0 saturated carbocycles. The van der Waals surface area contributed by atoms with Crippen LogP contribution in [-0.2, 0) is 6.42 Å². The molecule has 134 valence electrons. The topological polar surface area (TPSA) is 75.9 Å². The van der Waals surface area contributed by atoms with Gasteiger partial charge in [0.15, 0.2) is 11.6 Å². The van der Waals surface area contributed by atoms with Gasteiger partial charge in [0, 0.05) is 11.4 Å². The molecule has 0 spiro atoms. The van der Waals surface area contributed by atoms with E-state index in [1.165, 1.54) is 36.9 Å². The molecule has 0 radical (unpaired) electrons. The largest absolute Gasteiger partial charge is 0.393 e. The van der Waals surface area contributed by atoms with Crippen LogP contribution in [0.3, 0.4) is 0 Å². The Labute approximate surface area is 152 Å². The highest BCUT2D eigenvalue weighted by atomic mass is 19.1. The first kappa shape index (κ1) is 17.7. The third kappa shape index (κ3) is 4.47. The maximum atomic E-state index is 13.0. The average Bonchev–Trinajstić information content (AvgIpc) is 2.66. The summed E-state index contributed by atoms with van der Waals surface area (Å²) in [7, 11) is 0. The number of rotatable bonds is 7. The zero-order valence-corrected chi connectivity index (χ0v) is 14.7. The van der Waals surface area contributed by atoms with Gasteiger partial charge in [0.2, 0.25) is 0 Å². The first-order chi connectivity index (χ1) is 12.7. The lowest BCUT2D eigenvalue weighted by Gasteiger charge is -2.13. The fourth-order valence-electron chi connectivity index (χ4n) is 2.54. The molecule has 0 amide bonds. The van der Waals surface area contributed by atoms with E-state index >= 15 is 0 Å². The van der Waals surface area contributed by atoms with Gasteiger partial charge >= 0.3 is 0 Å². The number of hydrogen-bond donors (Lipinski definition) is 3. The summed E-state index contributed by atoms with van der Waals surface area (Å²) in [6.07, 6.45) is 4.88. The fourth-order valence-corrected chi connectivity index (χ4v) is 2.54. The molecule has 0 fully saturated rings. The van der Waals surface area contributed by atoms with Crippen molar-refractivity contribution in [3.8, 4) is 0 Å². The lowest BCUT2D eigenvalue weighted by Crippen LogP contribution is -2.05. The normalized spacial score (nSPS) is 10.5. The second kappa shape index (κ2) is 8.29. The van der Waals surface area contributed by atoms with E-state index in [2.05, 4.69) is 39.7 Å². The number of nitrogen functional groups attached to an aromatic ring is 1. The number of unbranched alkanes of at least 4 members (excludes halogenated alkanes) is 1. The number of hydrogen-bond acceptors (Lipinski definition) is 5. The number of aromatic nitrogens is 2. The van der Waals surface area contributed by atoms with Gasteiger partial charge in [0.25, 0.3) is 0 Å². The Balaban J connectivity index is 1.73. The zero-order chi connectivity index (χ0) is 18.4. The molecule has 0 aliphatic rings. The van der Waals surface area contributed by atoms with E-state index in [-0.39, 0.29) is 5.82 Å². The molecule has 2 aromatic carbocycles. The van der Waals surface area contributed by atoms with Crippen LogP contribution in [0, 0.1) is 5.82 Å². The van der Waals surface area contributed by atoms with Crippen LogP contribution < -0.4 is 16.4 Å². The third-order valence-electron chi connectivity index (χ3n) is 4.03. The van der Waals surface area contributed by atoms with Gasteiger partial charge in [-0.2, -0.15) is 0 Å². The summed E-state index contributed by atoms with van der Waals surface area (Å²) in [5, 5.41) is 6.29. The van der Waals surface area contributed by atoms with Gasteiger partial charge < -0.3 is 16.4 Å². The predicted octanol–water partition coefficient (Wildman–Crippen LogP) is 5.03. The average molecular weight is 351 g/mol. The Kier molecular flexibility index (Phi) is 5.63. The predicted molar refractivity (Wildman–Crippen MR) is 104 cm³/mol. The SMILES string of the molecule is CCCCc1ccc(Nc2ncnc(Nc3ccc(F)cc3)c2N)cc1. The van der Waals surface area contributed by atoms with Gasteiger partial charge in [-0.25, -0.2) is 14.4 Å². The minimum absolute atomic E-state index is 0.295. The number of aryl methyl sites for hydroxylation is 1. The minimum Gasteiger partial charge on any atom is -0.393 e. The summed E-state index contributed by atoms with van der Waals surface area (Å²) in [4.78, 5) is 8.38. The number of nitrogens with two attached hydrogens (primary N) is 1. The molecule has 0 aliphatic carbocycles. The lowest BCUT2D eigenvalue weighted by atomic mass is 10.1. The second-order valence-corrected chi connectivity index (χ2v) is 6.04. The fraction of sp³-hybridized carbons (Fsp3) is 0.200. The smallest absolute Gasteiger partial charge is 0.159 e. The van der Waals surface area contributed by atoms with Gasteiger partial charge in [0.1, 0.15) is 17.8 Å². The maximum Gasteiger partial charge on any atom is 0.159 e. The minimum atomic E-state index is -0.295. The number of nitrogens with one attached hydrogen (secondary N) is 2. The molecule has 26 heavy (non-hydrogen) atoms. The van der Waals surface area contributed by atoms with Gasteiger partial charge in [-0.3, -0.25) is 0 Å². The van der Waals surface area contributed by atoms with Crippen molar-refractivity contribution < 1.29 is 4.39 Å². The first-order valence-electron chi connectivity index (χ1n) is 8.64. The molecule has 6 heteroatoms. The summed E-state index contributed by atoms with van der Waals surface area (Å²) in [6.45, 7) is 2.19. The third-order valence-corrected chi connectivity index (χ3v) is 4.03. The Morgan fingerprint density at radius 1 is 0.885 bits per heavy atom. The van der Waals surface area contributed by atoms with Crippen LogP contribution in [0.15, 0.2) is 54.9 Å². The Bertz CT molecular complexity index is 847. The number of nitrogens with zero attached hydrogens (tertiary/aromatic N) is 2. The Hall–Kier alpha value is -3.15. The van der Waals surface area contributed by atoms with Crippen molar-refractivity contribution in [3.63, 3.8) is 0 Å². The molecule has 1 heterocycles. The Morgan fingerprint density at radius 3 is 1.96 bits per heavy atom. The van der Waals surface area contributed by atoms with Crippen molar-refractivity contribution in [2.45, 2.75) is 26.2 Å². The Morgan fingerprint density at radius 2 is 1.42 bits per heavy atom. The molecular formula is C20H22FN5. The summed E-state index contributed by atoms with van der Waals surface area (Å²) in [6, 6.07) is 14.2. The molecule has 3 aromatic rings. The van der Waals surface area contributed by atoms with E-state index < -0.39 is 0 Å². The van der Waals surface area contributed by atoms with Crippen LogP contribution in [0.25, 0.3) is 0 Å². The second-order valence-electron chi connectivity index (χ2n) is 6.04. The molecule has 0 aliphatic heterocycles. The molecule has 5 nitrogen and oxygen atoms in total. The van der Waals surface area contributed by atoms with Crippen molar-refractivity contribution >= 4 is 28.7 Å². The van der Waals surface area contributed by atoms with E-state index in [0.29, 0.717) is 23.0 Å². The van der Waals surface area contributed by atoms with Gasteiger partial charge in [-0.15, -0.1) is 0 Å². The number of anilines is 5. The highest BCUT2D eigenvalue weighted by molar-refractivity contribution is 5.80. The van der Waals surface area contributed by atoms with Crippen LogP contribution >= 0.6 is 0 Å². The molecule has 0 bridgehead atoms. The summed E-state index contributed by atoms with van der Waals surface area (Å²) in [5.74, 6) is 0.690. The summed E-state index contributed by atoms with van der Waals surface area (Å²) >= 11 is 0. The molecular weight excluding hydrogens is 329 g/mol. The van der Waals surface area contributed by atoms with Crippen molar-refractivity contribution in [2.75, 3.05) is 16.4 Å². The molecule has 1 aromatic heterocycles. The highest BCUT2D eigenvalue weighted by Gasteiger charge is 2.09. The van der Waals surface area contributed by atoms with E-state index in [1.807, 2.05) is 12.1 Å². The molecule has 3 rings (SSSR count). The van der Waals surface area contributed by atoms with Crippen molar-refractivity contribution in [1.82, 2.24) is 9.97 Å². The standard InChI is InChI=1S/C20H22FN5/c1-2-3-4-14-5-9-16(10-6-14)25-19-18(22)20(24-13-23-19)26-17-11-7-15(21)8-12-17/h5-13H,2-4,22H2,1H3,(H2,23,24,25,26). The summed E-state index contributed by atoms with van der Waals surface area (Å²) in [5.41, 5.74) is 9.49. The van der Waals surface area contributed by atoms with Crippen LogP contribution in [-0.4, -0.2) is 9.97 Å². The van der Waals surface area contributed by atoms with E-state index in [4.69, 9.17) is 5.73 Å². The van der Waals surface area contributed by atoms with Crippen LogP contribution in [0.2, 0.25) is 0 Å². The number of halogens is 1. The van der Waals surface area contributed by atoms with Gasteiger partial charge in [-0.1, -0.05) is 25.5 Å². The van der Waals surface area contributed by atoms with Gasteiger partial charge in [-0.05, 0) is 54.8 Å².